The number of morpholine rings is 1. The van der Waals surface area contributed by atoms with Gasteiger partial charge in [0, 0.05) is 31.0 Å². The van der Waals surface area contributed by atoms with Crippen molar-refractivity contribution in [2.45, 2.75) is 23.8 Å². The van der Waals surface area contributed by atoms with E-state index in [2.05, 4.69) is 5.32 Å². The van der Waals surface area contributed by atoms with Gasteiger partial charge in [0.15, 0.2) is 0 Å². The molecule has 2 aliphatic rings. The molecule has 1 aromatic carbocycles. The molecule has 0 saturated carbocycles. The molecule has 0 aromatic heterocycles. The Kier molecular flexibility index (Phi) is 6.73. The highest BCUT2D eigenvalue weighted by Crippen LogP contribution is 2.18. The van der Waals surface area contributed by atoms with Crippen LogP contribution in [0.4, 0.5) is 0 Å². The van der Waals surface area contributed by atoms with E-state index in [-0.39, 0.29) is 36.7 Å². The van der Waals surface area contributed by atoms with Crippen molar-refractivity contribution < 1.29 is 19.1 Å². The molecule has 0 radical (unpaired) electrons. The molecule has 146 valence electrons. The summed E-state index contributed by atoms with van der Waals surface area (Å²) in [6, 6.07) is 7.67. The second-order valence-electron chi connectivity index (χ2n) is 6.71. The van der Waals surface area contributed by atoms with Gasteiger partial charge < -0.3 is 19.9 Å². The number of piperazine rings is 1. The molecule has 1 N–H and O–H groups in total. The van der Waals surface area contributed by atoms with Crippen LogP contribution in [0, 0.1) is 0 Å². The first-order valence-electron chi connectivity index (χ1n) is 9.11. The van der Waals surface area contributed by atoms with E-state index in [1.165, 1.54) is 0 Å². The van der Waals surface area contributed by atoms with Gasteiger partial charge >= 0.3 is 0 Å². The lowest BCUT2D eigenvalue weighted by Gasteiger charge is -2.37. The maximum Gasteiger partial charge on any atom is 0.239 e. The molecule has 3 rings (SSSR count). The summed E-state index contributed by atoms with van der Waals surface area (Å²) in [6.07, 6.45) is 2.51. The fraction of sp³-hybridized carbons (Fsp3) is 0.526. The molecule has 1 aromatic rings. The highest BCUT2D eigenvalue weighted by molar-refractivity contribution is 7.98. The SMILES string of the molecule is CSc1ccc(CC(=O)N2CCOC[C@H]2CC(=O)N2CCNC(=O)C2)cc1. The monoisotopic (exact) mass is 391 g/mol. The minimum absolute atomic E-state index is 0.00406. The van der Waals surface area contributed by atoms with E-state index in [0.717, 1.165) is 10.5 Å². The van der Waals surface area contributed by atoms with Gasteiger partial charge in [-0.1, -0.05) is 12.1 Å². The highest BCUT2D eigenvalue weighted by Gasteiger charge is 2.31. The van der Waals surface area contributed by atoms with Crippen molar-refractivity contribution in [1.29, 1.82) is 0 Å². The minimum Gasteiger partial charge on any atom is -0.377 e. The zero-order valence-corrected chi connectivity index (χ0v) is 16.3. The molecular formula is C19H25N3O4S. The number of hydrogen-bond donors (Lipinski definition) is 1. The van der Waals surface area contributed by atoms with Crippen molar-refractivity contribution in [1.82, 2.24) is 15.1 Å². The van der Waals surface area contributed by atoms with Crippen LogP contribution in [0.3, 0.4) is 0 Å². The van der Waals surface area contributed by atoms with E-state index >= 15 is 0 Å². The molecule has 0 aliphatic carbocycles. The summed E-state index contributed by atoms with van der Waals surface area (Å²) in [5.74, 6) is -0.247. The second-order valence-corrected chi connectivity index (χ2v) is 7.59. The second kappa shape index (κ2) is 9.23. The minimum atomic E-state index is -0.283. The number of carbonyl (C=O) groups is 3. The Balaban J connectivity index is 1.60. The van der Waals surface area contributed by atoms with Gasteiger partial charge in [0.1, 0.15) is 0 Å². The number of benzene rings is 1. The van der Waals surface area contributed by atoms with E-state index in [4.69, 9.17) is 4.74 Å². The molecule has 0 bridgehead atoms. The fourth-order valence-corrected chi connectivity index (χ4v) is 3.76. The number of rotatable bonds is 5. The summed E-state index contributed by atoms with van der Waals surface area (Å²) >= 11 is 1.66. The molecule has 0 unspecified atom stereocenters. The molecule has 3 amide bonds. The standard InChI is InChI=1S/C19H25N3O4S/c1-27-16-4-2-14(3-5-16)10-19(25)22-8-9-26-13-15(22)11-18(24)21-7-6-20-17(23)12-21/h2-5,15H,6-13H2,1H3,(H,20,23)/t15-/m1/s1. The van der Waals surface area contributed by atoms with E-state index < -0.39 is 0 Å². The normalized spacial score (nSPS) is 20.3. The van der Waals surface area contributed by atoms with Crippen molar-refractivity contribution in [2.24, 2.45) is 0 Å². The Morgan fingerprint density at radius 3 is 2.70 bits per heavy atom. The first-order valence-corrected chi connectivity index (χ1v) is 10.3. The van der Waals surface area contributed by atoms with Gasteiger partial charge in [-0.15, -0.1) is 11.8 Å². The smallest absolute Gasteiger partial charge is 0.239 e. The summed E-state index contributed by atoms with van der Waals surface area (Å²) in [5, 5.41) is 2.71. The first-order chi connectivity index (χ1) is 13.1. The highest BCUT2D eigenvalue weighted by atomic mass is 32.2. The third-order valence-corrected chi connectivity index (χ3v) is 5.61. The van der Waals surface area contributed by atoms with Crippen molar-refractivity contribution >= 4 is 29.5 Å². The van der Waals surface area contributed by atoms with Crippen LogP contribution in [0.1, 0.15) is 12.0 Å². The Hall–Kier alpha value is -2.06. The van der Waals surface area contributed by atoms with E-state index in [1.54, 1.807) is 21.6 Å². The molecule has 2 fully saturated rings. The van der Waals surface area contributed by atoms with Crippen LogP contribution in [0.25, 0.3) is 0 Å². The molecular weight excluding hydrogens is 366 g/mol. The molecule has 0 spiro atoms. The Morgan fingerprint density at radius 1 is 1.22 bits per heavy atom. The van der Waals surface area contributed by atoms with Crippen LogP contribution in [0.15, 0.2) is 29.2 Å². The van der Waals surface area contributed by atoms with E-state index in [9.17, 15) is 14.4 Å². The molecule has 8 heteroatoms. The average Bonchev–Trinajstić information content (AvgIpc) is 2.69. The van der Waals surface area contributed by atoms with Gasteiger partial charge in [-0.3, -0.25) is 14.4 Å². The largest absolute Gasteiger partial charge is 0.377 e. The van der Waals surface area contributed by atoms with Gasteiger partial charge in [0.25, 0.3) is 0 Å². The van der Waals surface area contributed by atoms with Crippen LogP contribution >= 0.6 is 11.8 Å². The number of carbonyl (C=O) groups excluding carboxylic acids is 3. The van der Waals surface area contributed by atoms with Crippen LogP contribution < -0.4 is 5.32 Å². The van der Waals surface area contributed by atoms with E-state index in [1.807, 2.05) is 30.5 Å². The maximum absolute atomic E-state index is 12.8. The fourth-order valence-electron chi connectivity index (χ4n) is 3.35. The quantitative estimate of drug-likeness (QED) is 0.741. The zero-order valence-electron chi connectivity index (χ0n) is 15.5. The number of nitrogens with one attached hydrogen (secondary N) is 1. The van der Waals surface area contributed by atoms with Gasteiger partial charge in [-0.05, 0) is 24.0 Å². The van der Waals surface area contributed by atoms with Crippen LogP contribution in [-0.2, 0) is 25.5 Å². The number of thioether (sulfide) groups is 1. The lowest BCUT2D eigenvalue weighted by atomic mass is 10.1. The maximum atomic E-state index is 12.8. The molecule has 27 heavy (non-hydrogen) atoms. The third kappa shape index (κ3) is 5.23. The molecule has 2 heterocycles. The molecule has 2 saturated heterocycles. The summed E-state index contributed by atoms with van der Waals surface area (Å²) in [4.78, 5) is 41.3. The number of amides is 3. The van der Waals surface area contributed by atoms with Crippen molar-refractivity contribution in [3.8, 4) is 0 Å². The van der Waals surface area contributed by atoms with Crippen LogP contribution in [0.5, 0.6) is 0 Å². The lowest BCUT2D eigenvalue weighted by Crippen LogP contribution is -2.54. The summed E-state index contributed by atoms with van der Waals surface area (Å²) in [5.41, 5.74) is 0.960. The van der Waals surface area contributed by atoms with Crippen molar-refractivity contribution in [2.75, 3.05) is 45.6 Å². The van der Waals surface area contributed by atoms with Crippen LogP contribution in [0.2, 0.25) is 0 Å². The average molecular weight is 391 g/mol. The third-order valence-electron chi connectivity index (χ3n) is 4.86. The molecule has 1 atom stereocenters. The number of hydrogen-bond acceptors (Lipinski definition) is 5. The zero-order chi connectivity index (χ0) is 19.2. The Labute approximate surface area is 163 Å². The summed E-state index contributed by atoms with van der Waals surface area (Å²) in [6.45, 7) is 2.38. The number of ether oxygens (including phenoxy) is 1. The molecule has 7 nitrogen and oxygen atoms in total. The van der Waals surface area contributed by atoms with Gasteiger partial charge in [0.2, 0.25) is 17.7 Å². The topological polar surface area (TPSA) is 79.0 Å². The molecule has 2 aliphatic heterocycles. The van der Waals surface area contributed by atoms with Crippen LogP contribution in [-0.4, -0.2) is 79.2 Å². The predicted molar refractivity (Wildman–Crippen MR) is 102 cm³/mol. The summed E-state index contributed by atoms with van der Waals surface area (Å²) < 4.78 is 5.51. The van der Waals surface area contributed by atoms with Gasteiger partial charge in [0.05, 0.1) is 32.2 Å². The van der Waals surface area contributed by atoms with E-state index in [0.29, 0.717) is 39.3 Å². The van der Waals surface area contributed by atoms with Gasteiger partial charge in [-0.2, -0.15) is 0 Å². The Bertz CT molecular complexity index is 695. The predicted octanol–water partition coefficient (Wildman–Crippen LogP) is 0.527. The number of nitrogens with zero attached hydrogens (tertiary/aromatic N) is 2. The first kappa shape index (κ1) is 19.7. The summed E-state index contributed by atoms with van der Waals surface area (Å²) in [7, 11) is 0. The van der Waals surface area contributed by atoms with Gasteiger partial charge in [-0.25, -0.2) is 0 Å². The van der Waals surface area contributed by atoms with Crippen molar-refractivity contribution in [3.63, 3.8) is 0 Å². The Morgan fingerprint density at radius 2 is 2.00 bits per heavy atom. The van der Waals surface area contributed by atoms with Crippen molar-refractivity contribution in [3.05, 3.63) is 29.8 Å². The lowest BCUT2D eigenvalue weighted by molar-refractivity contribution is -0.145.